The Morgan fingerprint density at radius 2 is 0.811 bits per heavy atom. The van der Waals surface area contributed by atoms with Gasteiger partial charge >= 0.3 is 0 Å². The third-order valence-electron chi connectivity index (χ3n) is 11.5. The van der Waals surface area contributed by atoms with Crippen LogP contribution in [0.4, 0.5) is 11.4 Å². The quantitative estimate of drug-likeness (QED) is 0.175. The van der Waals surface area contributed by atoms with Crippen LogP contribution in [0.5, 0.6) is 0 Å². The first-order valence-electron chi connectivity index (χ1n) is 18.7. The highest BCUT2D eigenvalue weighted by molar-refractivity contribution is 6.21. The lowest BCUT2D eigenvalue weighted by Gasteiger charge is -2.53. The van der Waals surface area contributed by atoms with Gasteiger partial charge in [-0.05, 0) is 79.6 Å². The summed E-state index contributed by atoms with van der Waals surface area (Å²) in [7, 11) is 0. The van der Waals surface area contributed by atoms with Crippen molar-refractivity contribution in [2.24, 2.45) is 10.2 Å². The smallest absolute Gasteiger partial charge is 0.190 e. The molecule has 0 N–H and O–H groups in total. The Labute approximate surface area is 311 Å². The van der Waals surface area contributed by atoms with Gasteiger partial charge in [-0.1, -0.05) is 157 Å². The first-order chi connectivity index (χ1) is 26.0. The molecule has 2 heterocycles. The molecule has 0 bridgehead atoms. The van der Waals surface area contributed by atoms with Gasteiger partial charge in [-0.15, -0.1) is 0 Å². The molecule has 0 saturated heterocycles. The second-order valence-electron chi connectivity index (χ2n) is 14.7. The van der Waals surface area contributed by atoms with Crippen LogP contribution < -0.4 is 10.0 Å². The standard InChI is InChI=1S/C48H42N4O/c1-34-24-28-36(29-25-34)42-44(38-16-7-3-8-17-38)49-51(40-20-11-5-12-21-40)47(42)32-15-33-48(46(47)53)43(37-30-26-35(2)27-31-37)45(39-18-9-4-10-19-39)50-52(48)41-22-13-6-14-23-41/h3-14,16-31,42-43H,15,32-33H2,1-2H3/t42-,43-,47?,48?/m1/s1. The molecule has 1 aliphatic carbocycles. The van der Waals surface area contributed by atoms with Crippen LogP contribution >= 0.6 is 0 Å². The van der Waals surface area contributed by atoms with E-state index in [0.29, 0.717) is 12.8 Å². The number of carbonyl (C=O) groups is 1. The van der Waals surface area contributed by atoms with Crippen LogP contribution in [0.1, 0.15) is 64.5 Å². The number of hydrogen-bond donors (Lipinski definition) is 0. The van der Waals surface area contributed by atoms with Crippen molar-refractivity contribution in [1.29, 1.82) is 0 Å². The molecule has 1 fully saturated rings. The number of rotatable bonds is 6. The van der Waals surface area contributed by atoms with E-state index in [-0.39, 0.29) is 17.6 Å². The summed E-state index contributed by atoms with van der Waals surface area (Å²) in [6.45, 7) is 4.23. The molecule has 3 aliphatic rings. The van der Waals surface area contributed by atoms with Gasteiger partial charge in [0, 0.05) is 0 Å². The number of anilines is 2. The summed E-state index contributed by atoms with van der Waals surface area (Å²) in [5.74, 6) is -0.538. The summed E-state index contributed by atoms with van der Waals surface area (Å²) in [6, 6.07) is 58.9. The predicted octanol–water partition coefficient (Wildman–Crippen LogP) is 10.3. The molecule has 5 heteroatoms. The van der Waals surface area contributed by atoms with Gasteiger partial charge in [0.2, 0.25) is 0 Å². The number of hydrazone groups is 2. The van der Waals surface area contributed by atoms with Crippen LogP contribution in [0.15, 0.2) is 180 Å². The second-order valence-corrected chi connectivity index (χ2v) is 14.7. The summed E-state index contributed by atoms with van der Waals surface area (Å²) < 4.78 is 0. The Kier molecular flexibility index (Phi) is 8.15. The molecular formula is C48H42N4O. The molecule has 2 spiro atoms. The van der Waals surface area contributed by atoms with Gasteiger partial charge < -0.3 is 0 Å². The lowest BCUT2D eigenvalue weighted by atomic mass is 9.57. The van der Waals surface area contributed by atoms with E-state index in [4.69, 9.17) is 10.2 Å². The van der Waals surface area contributed by atoms with Crippen LogP contribution in [-0.4, -0.2) is 28.3 Å². The largest absolute Gasteiger partial charge is 0.294 e. The maximum Gasteiger partial charge on any atom is 0.190 e. The summed E-state index contributed by atoms with van der Waals surface area (Å²) in [6.07, 6.45) is 2.09. The second kappa shape index (κ2) is 13.2. The Morgan fingerprint density at radius 3 is 1.17 bits per heavy atom. The summed E-state index contributed by atoms with van der Waals surface area (Å²) in [5.41, 5.74) is 8.07. The van der Waals surface area contributed by atoms with Gasteiger partial charge in [-0.25, -0.2) is 0 Å². The van der Waals surface area contributed by atoms with E-state index < -0.39 is 11.1 Å². The number of nitrogens with zero attached hydrogens (tertiary/aromatic N) is 4. The molecule has 0 radical (unpaired) electrons. The monoisotopic (exact) mass is 690 g/mol. The van der Waals surface area contributed by atoms with E-state index >= 15 is 4.79 Å². The van der Waals surface area contributed by atoms with Crippen molar-refractivity contribution in [1.82, 2.24) is 0 Å². The number of aryl methyl sites for hydroxylation is 2. The van der Waals surface area contributed by atoms with Gasteiger partial charge in [0.25, 0.3) is 0 Å². The number of Topliss-reactive ketones (excluding diaryl/α,β-unsaturated/α-hetero) is 1. The zero-order valence-electron chi connectivity index (χ0n) is 30.1. The molecule has 0 aromatic heterocycles. The maximum atomic E-state index is 17.0. The van der Waals surface area contributed by atoms with Gasteiger partial charge in [-0.3, -0.25) is 14.8 Å². The van der Waals surface area contributed by atoms with E-state index in [1.807, 2.05) is 48.5 Å². The van der Waals surface area contributed by atoms with Crippen LogP contribution in [0.2, 0.25) is 0 Å². The summed E-state index contributed by atoms with van der Waals surface area (Å²) >= 11 is 0. The lowest BCUT2D eigenvalue weighted by molar-refractivity contribution is -0.132. The van der Waals surface area contributed by atoms with Crippen molar-refractivity contribution in [2.45, 2.75) is 56.0 Å². The molecular weight excluding hydrogens is 649 g/mol. The summed E-state index contributed by atoms with van der Waals surface area (Å²) in [4.78, 5) is 17.0. The van der Waals surface area contributed by atoms with E-state index in [1.54, 1.807) is 0 Å². The van der Waals surface area contributed by atoms with Crippen molar-refractivity contribution in [3.05, 3.63) is 203 Å². The Hall–Kier alpha value is -6.07. The van der Waals surface area contributed by atoms with Crippen molar-refractivity contribution in [3.63, 3.8) is 0 Å². The lowest BCUT2D eigenvalue weighted by Crippen LogP contribution is -2.70. The van der Waals surface area contributed by atoms with Crippen molar-refractivity contribution >= 4 is 28.6 Å². The van der Waals surface area contributed by atoms with E-state index in [9.17, 15) is 0 Å². The molecule has 1 saturated carbocycles. The normalized spacial score (nSPS) is 23.8. The van der Waals surface area contributed by atoms with E-state index in [2.05, 4.69) is 145 Å². The number of para-hydroxylation sites is 2. The highest BCUT2D eigenvalue weighted by Gasteiger charge is 2.70. The highest BCUT2D eigenvalue weighted by atomic mass is 16.1. The van der Waals surface area contributed by atoms with Gasteiger partial charge in [-0.2, -0.15) is 10.2 Å². The van der Waals surface area contributed by atoms with E-state index in [0.717, 1.165) is 51.5 Å². The third-order valence-corrected chi connectivity index (χ3v) is 11.5. The van der Waals surface area contributed by atoms with E-state index in [1.165, 1.54) is 11.1 Å². The minimum atomic E-state index is -1.06. The first kappa shape index (κ1) is 32.8. The molecule has 2 unspecified atom stereocenters. The van der Waals surface area contributed by atoms with Crippen LogP contribution in [0.25, 0.3) is 0 Å². The number of carbonyl (C=O) groups excluding carboxylic acids is 1. The fourth-order valence-electron chi connectivity index (χ4n) is 9.16. The Balaban J connectivity index is 1.34. The van der Waals surface area contributed by atoms with Crippen molar-refractivity contribution in [3.8, 4) is 0 Å². The molecule has 9 rings (SSSR count). The first-order valence-corrected chi connectivity index (χ1v) is 18.7. The third kappa shape index (κ3) is 5.25. The number of benzene rings is 6. The zero-order valence-corrected chi connectivity index (χ0v) is 30.1. The molecule has 6 aromatic rings. The van der Waals surface area contributed by atoms with Gasteiger partial charge in [0.15, 0.2) is 5.78 Å². The Morgan fingerprint density at radius 1 is 0.472 bits per heavy atom. The van der Waals surface area contributed by atoms with Crippen LogP contribution in [0, 0.1) is 13.8 Å². The van der Waals surface area contributed by atoms with Crippen LogP contribution in [-0.2, 0) is 4.79 Å². The number of hydrogen-bond acceptors (Lipinski definition) is 5. The zero-order chi connectivity index (χ0) is 36.0. The molecule has 260 valence electrons. The number of ketones is 1. The van der Waals surface area contributed by atoms with Gasteiger partial charge in [0.05, 0.1) is 34.6 Å². The minimum absolute atomic E-state index is 0.143. The molecule has 53 heavy (non-hydrogen) atoms. The molecule has 0 amide bonds. The molecule has 4 atom stereocenters. The Bertz CT molecular complexity index is 2140. The predicted molar refractivity (Wildman–Crippen MR) is 216 cm³/mol. The average Bonchev–Trinajstić information content (AvgIpc) is 3.73. The SMILES string of the molecule is Cc1ccc([C@@H]2C(c3ccccc3)=NN(c3ccccc3)C23CCCC2(C3=O)[C@H](c3ccc(C)cc3)C(c3ccccc3)=NN2c2ccccc2)cc1. The topological polar surface area (TPSA) is 48.3 Å². The van der Waals surface area contributed by atoms with Crippen molar-refractivity contribution < 1.29 is 4.79 Å². The van der Waals surface area contributed by atoms with Crippen LogP contribution in [0.3, 0.4) is 0 Å². The van der Waals surface area contributed by atoms with Gasteiger partial charge in [0.1, 0.15) is 11.1 Å². The maximum absolute atomic E-state index is 17.0. The molecule has 2 aliphatic heterocycles. The minimum Gasteiger partial charge on any atom is -0.294 e. The highest BCUT2D eigenvalue weighted by Crippen LogP contribution is 2.59. The molecule has 5 nitrogen and oxygen atoms in total. The van der Waals surface area contributed by atoms with Crippen molar-refractivity contribution in [2.75, 3.05) is 10.0 Å². The molecule has 6 aromatic carbocycles. The average molecular weight is 691 g/mol. The fraction of sp³-hybridized carbons (Fsp3) is 0.188. The fourth-order valence-corrected chi connectivity index (χ4v) is 9.16. The summed E-state index contributed by atoms with van der Waals surface area (Å²) in [5, 5.41) is 15.3.